The molecule has 0 bridgehead atoms. The molecule has 0 amide bonds. The Kier molecular flexibility index (Phi) is 9.01. The third-order valence-electron chi connectivity index (χ3n) is 6.15. The zero-order chi connectivity index (χ0) is 28.2. The molecule has 1 aliphatic rings. The topological polar surface area (TPSA) is 69.9 Å². The lowest BCUT2D eigenvalue weighted by atomic mass is 9.93. The fourth-order valence-electron chi connectivity index (χ4n) is 4.49. The molecule has 2 heterocycles. The minimum atomic E-state index is -0.691. The molecule has 0 radical (unpaired) electrons. The van der Waals surface area contributed by atoms with Gasteiger partial charge in [-0.15, -0.1) is 0 Å². The quantitative estimate of drug-likeness (QED) is 0.131. The van der Waals surface area contributed by atoms with Gasteiger partial charge < -0.3 is 9.47 Å². The molecule has 0 aliphatic carbocycles. The van der Waals surface area contributed by atoms with E-state index >= 15 is 0 Å². The molecule has 3 aromatic carbocycles. The fraction of sp³-hybridized carbons (Fsp3) is 0.129. The van der Waals surface area contributed by atoms with Crippen LogP contribution in [0, 0.1) is 7.14 Å². The van der Waals surface area contributed by atoms with E-state index in [1.807, 2.05) is 78.9 Å². The van der Waals surface area contributed by atoms with E-state index < -0.39 is 12.0 Å². The van der Waals surface area contributed by atoms with Crippen molar-refractivity contribution in [3.05, 3.63) is 135 Å². The summed E-state index contributed by atoms with van der Waals surface area (Å²) in [5.74, 6) is 0.294. The normalized spacial score (nSPS) is 14.9. The summed E-state index contributed by atoms with van der Waals surface area (Å²) < 4.78 is 15.3. The maximum atomic E-state index is 14.0. The van der Waals surface area contributed by atoms with Crippen molar-refractivity contribution in [1.29, 1.82) is 0 Å². The number of benzene rings is 3. The highest BCUT2D eigenvalue weighted by molar-refractivity contribution is 14.1. The van der Waals surface area contributed by atoms with Crippen LogP contribution in [0.1, 0.15) is 29.7 Å². The van der Waals surface area contributed by atoms with Crippen LogP contribution in [0.2, 0.25) is 0 Å². The van der Waals surface area contributed by atoms with Gasteiger partial charge in [-0.25, -0.2) is 9.79 Å². The SMILES string of the molecule is C=CCOc1c(I)cc(/C=c2\sc3n(c2=O)[C@@H](c2ccccc2)C(C(=O)OCC)=C(c2ccccc2)N=3)cc1I. The van der Waals surface area contributed by atoms with Gasteiger partial charge in [-0.1, -0.05) is 84.7 Å². The molecule has 0 spiro atoms. The first-order chi connectivity index (χ1) is 19.4. The number of nitrogens with zero attached hydrogens (tertiary/aromatic N) is 2. The number of aromatic nitrogens is 1. The van der Waals surface area contributed by atoms with E-state index in [-0.39, 0.29) is 12.2 Å². The zero-order valence-electron chi connectivity index (χ0n) is 21.5. The average Bonchev–Trinajstić information content (AvgIpc) is 3.27. The van der Waals surface area contributed by atoms with Crippen molar-refractivity contribution >= 4 is 74.3 Å². The number of hydrogen-bond acceptors (Lipinski definition) is 6. The largest absolute Gasteiger partial charge is 0.487 e. The van der Waals surface area contributed by atoms with Gasteiger partial charge in [0.2, 0.25) is 0 Å². The van der Waals surface area contributed by atoms with Crippen molar-refractivity contribution in [3.8, 4) is 5.75 Å². The van der Waals surface area contributed by atoms with Gasteiger partial charge in [0.1, 0.15) is 12.4 Å². The third-order valence-corrected chi connectivity index (χ3v) is 8.74. The van der Waals surface area contributed by atoms with Crippen molar-refractivity contribution in [2.45, 2.75) is 13.0 Å². The molecule has 0 N–H and O–H groups in total. The van der Waals surface area contributed by atoms with Crippen LogP contribution in [0.5, 0.6) is 5.75 Å². The lowest BCUT2D eigenvalue weighted by molar-refractivity contribution is -0.138. The van der Waals surface area contributed by atoms with Gasteiger partial charge in [0.15, 0.2) is 4.80 Å². The van der Waals surface area contributed by atoms with E-state index in [0.717, 1.165) is 29.6 Å². The molecule has 4 aromatic rings. The molecule has 0 saturated heterocycles. The number of halogens is 2. The average molecular weight is 774 g/mol. The molecule has 6 nitrogen and oxygen atoms in total. The Morgan fingerprint density at radius 1 is 1.07 bits per heavy atom. The van der Waals surface area contributed by atoms with Crippen molar-refractivity contribution in [3.63, 3.8) is 0 Å². The Labute approximate surface area is 262 Å². The predicted octanol–water partition coefficient (Wildman–Crippen LogP) is 5.71. The van der Waals surface area contributed by atoms with E-state index in [1.54, 1.807) is 17.6 Å². The maximum Gasteiger partial charge on any atom is 0.338 e. The minimum Gasteiger partial charge on any atom is -0.487 e. The van der Waals surface area contributed by atoms with Crippen molar-refractivity contribution < 1.29 is 14.3 Å². The standard InChI is InChI=1S/C31H24I2N2O4S/c1-3-15-39-28-22(32)16-19(17-23(28)33)18-24-29(36)35-27(21-13-9-6-10-14-21)25(30(37)38-4-2)26(34-31(35)40-24)20-11-7-5-8-12-20/h3,5-14,16-18,27H,1,4,15H2,2H3/b24-18-/t27-/m0/s1. The highest BCUT2D eigenvalue weighted by Gasteiger charge is 2.35. The number of carbonyl (C=O) groups is 1. The van der Waals surface area contributed by atoms with Gasteiger partial charge in [-0.05, 0) is 81.4 Å². The number of carbonyl (C=O) groups excluding carboxylic acids is 1. The van der Waals surface area contributed by atoms with Gasteiger partial charge in [0.05, 0.1) is 35.6 Å². The van der Waals surface area contributed by atoms with E-state index in [4.69, 9.17) is 14.5 Å². The molecule has 0 saturated carbocycles. The second-order valence-corrected chi connectivity index (χ2v) is 12.1. The molecule has 0 fully saturated rings. The fourth-order valence-corrected chi connectivity index (χ4v) is 7.61. The number of thiazole rings is 1. The lowest BCUT2D eigenvalue weighted by Crippen LogP contribution is -2.40. The second-order valence-electron chi connectivity index (χ2n) is 8.76. The Hall–Kier alpha value is -3.03. The molecule has 1 aromatic heterocycles. The molecule has 202 valence electrons. The maximum absolute atomic E-state index is 14.0. The lowest BCUT2D eigenvalue weighted by Gasteiger charge is -2.25. The van der Waals surface area contributed by atoms with Gasteiger partial charge in [0, 0.05) is 5.56 Å². The molecule has 5 rings (SSSR count). The third kappa shape index (κ3) is 5.72. The smallest absolute Gasteiger partial charge is 0.338 e. The second kappa shape index (κ2) is 12.6. The summed E-state index contributed by atoms with van der Waals surface area (Å²) in [4.78, 5) is 32.9. The summed E-state index contributed by atoms with van der Waals surface area (Å²) in [5.41, 5.74) is 3.08. The summed E-state index contributed by atoms with van der Waals surface area (Å²) in [7, 11) is 0. The predicted molar refractivity (Wildman–Crippen MR) is 175 cm³/mol. The molecular formula is C31H24I2N2O4S. The molecule has 9 heteroatoms. The molecule has 1 atom stereocenters. The van der Waals surface area contributed by atoms with Gasteiger partial charge in [-0.3, -0.25) is 9.36 Å². The van der Waals surface area contributed by atoms with E-state index in [9.17, 15) is 9.59 Å². The summed E-state index contributed by atoms with van der Waals surface area (Å²) in [6.45, 7) is 6.10. The van der Waals surface area contributed by atoms with Crippen LogP contribution in [0.3, 0.4) is 0 Å². The number of hydrogen-bond donors (Lipinski definition) is 0. The van der Waals surface area contributed by atoms with Crippen LogP contribution < -0.4 is 19.6 Å². The number of ether oxygens (including phenoxy) is 2. The van der Waals surface area contributed by atoms with Gasteiger partial charge in [-0.2, -0.15) is 0 Å². The van der Waals surface area contributed by atoms with Crippen LogP contribution in [-0.2, 0) is 9.53 Å². The first-order valence-corrected chi connectivity index (χ1v) is 15.5. The first kappa shape index (κ1) is 28.5. The van der Waals surface area contributed by atoms with Gasteiger partial charge >= 0.3 is 5.97 Å². The molecule has 0 unspecified atom stereocenters. The summed E-state index contributed by atoms with van der Waals surface area (Å²) in [6.07, 6.45) is 3.57. The Morgan fingerprint density at radius 2 is 1.73 bits per heavy atom. The highest BCUT2D eigenvalue weighted by Crippen LogP contribution is 2.35. The monoisotopic (exact) mass is 774 g/mol. The first-order valence-electron chi connectivity index (χ1n) is 12.5. The number of rotatable bonds is 8. The zero-order valence-corrected chi connectivity index (χ0v) is 26.6. The van der Waals surface area contributed by atoms with E-state index in [0.29, 0.717) is 27.2 Å². The van der Waals surface area contributed by atoms with Crippen LogP contribution in [-0.4, -0.2) is 23.8 Å². The summed E-state index contributed by atoms with van der Waals surface area (Å²) in [5, 5.41) is 0. The molecular weight excluding hydrogens is 750 g/mol. The summed E-state index contributed by atoms with van der Waals surface area (Å²) >= 11 is 5.78. The number of fused-ring (bicyclic) bond motifs is 1. The van der Waals surface area contributed by atoms with Crippen LogP contribution >= 0.6 is 56.5 Å². The summed E-state index contributed by atoms with van der Waals surface area (Å²) in [6, 6.07) is 22.3. The minimum absolute atomic E-state index is 0.208. The van der Waals surface area contributed by atoms with Gasteiger partial charge in [0.25, 0.3) is 5.56 Å². The Bertz CT molecular complexity index is 1770. The van der Waals surface area contributed by atoms with Crippen LogP contribution in [0.4, 0.5) is 0 Å². The Balaban J connectivity index is 1.75. The van der Waals surface area contributed by atoms with Crippen LogP contribution in [0.25, 0.3) is 11.8 Å². The van der Waals surface area contributed by atoms with Crippen molar-refractivity contribution in [2.24, 2.45) is 4.99 Å². The van der Waals surface area contributed by atoms with Crippen molar-refractivity contribution in [2.75, 3.05) is 13.2 Å². The van der Waals surface area contributed by atoms with E-state index in [1.165, 1.54) is 11.3 Å². The number of esters is 1. The van der Waals surface area contributed by atoms with Crippen LogP contribution in [0.15, 0.2) is 101 Å². The van der Waals surface area contributed by atoms with E-state index in [2.05, 4.69) is 51.8 Å². The molecule has 1 aliphatic heterocycles. The molecule has 40 heavy (non-hydrogen) atoms. The van der Waals surface area contributed by atoms with Crippen molar-refractivity contribution in [1.82, 2.24) is 4.57 Å². The highest BCUT2D eigenvalue weighted by atomic mass is 127. The Morgan fingerprint density at radius 3 is 2.35 bits per heavy atom.